The van der Waals surface area contributed by atoms with Crippen molar-refractivity contribution in [1.82, 2.24) is 15.1 Å². The lowest BCUT2D eigenvalue weighted by molar-refractivity contribution is -0.140. The number of hydrogen-bond acceptors (Lipinski definition) is 3. The van der Waals surface area contributed by atoms with E-state index >= 15 is 0 Å². The summed E-state index contributed by atoms with van der Waals surface area (Å²) in [4.78, 5) is 22.5. The number of nitrogens with one attached hydrogen (secondary N) is 1. The van der Waals surface area contributed by atoms with E-state index in [1.54, 1.807) is 6.20 Å². The lowest BCUT2D eigenvalue weighted by Gasteiger charge is -2.02. The molecule has 0 bridgehead atoms. The van der Waals surface area contributed by atoms with Crippen LogP contribution in [0.25, 0.3) is 0 Å². The Morgan fingerprint density at radius 3 is 2.68 bits per heavy atom. The minimum atomic E-state index is -0.893. The summed E-state index contributed by atoms with van der Waals surface area (Å²) >= 11 is 0. The highest BCUT2D eigenvalue weighted by Gasteiger charge is 2.48. The third-order valence-corrected chi connectivity index (χ3v) is 3.79. The molecule has 3 rings (SSSR count). The zero-order chi connectivity index (χ0) is 15.5. The van der Waals surface area contributed by atoms with Gasteiger partial charge in [0, 0.05) is 18.3 Å². The summed E-state index contributed by atoms with van der Waals surface area (Å²) in [5.41, 5.74) is 2.06. The lowest BCUT2D eigenvalue weighted by atomic mass is 10.2. The van der Waals surface area contributed by atoms with Crippen molar-refractivity contribution in [1.29, 1.82) is 0 Å². The highest BCUT2D eigenvalue weighted by atomic mass is 16.4. The van der Waals surface area contributed by atoms with Gasteiger partial charge in [-0.15, -0.1) is 0 Å². The fourth-order valence-corrected chi connectivity index (χ4v) is 2.43. The number of carbonyl (C=O) groups is 2. The van der Waals surface area contributed by atoms with Gasteiger partial charge >= 0.3 is 5.97 Å². The van der Waals surface area contributed by atoms with Crippen molar-refractivity contribution in [3.63, 3.8) is 0 Å². The van der Waals surface area contributed by atoms with Gasteiger partial charge in [0.1, 0.15) is 0 Å². The van der Waals surface area contributed by atoms with Gasteiger partial charge in [0.05, 0.1) is 24.6 Å². The first-order valence-corrected chi connectivity index (χ1v) is 7.19. The summed E-state index contributed by atoms with van der Waals surface area (Å²) in [6.45, 7) is 1.05. The van der Waals surface area contributed by atoms with Crippen LogP contribution in [0.15, 0.2) is 42.7 Å². The van der Waals surface area contributed by atoms with E-state index in [-0.39, 0.29) is 11.8 Å². The van der Waals surface area contributed by atoms with Crippen LogP contribution in [0.2, 0.25) is 0 Å². The molecule has 1 aliphatic rings. The average molecular weight is 299 g/mol. The van der Waals surface area contributed by atoms with Crippen LogP contribution in [0.4, 0.5) is 0 Å². The van der Waals surface area contributed by atoms with Crippen LogP contribution in [0.1, 0.15) is 17.5 Å². The Morgan fingerprint density at radius 1 is 1.23 bits per heavy atom. The van der Waals surface area contributed by atoms with E-state index in [4.69, 9.17) is 5.11 Å². The molecule has 6 nitrogen and oxygen atoms in total. The molecule has 2 aromatic rings. The van der Waals surface area contributed by atoms with E-state index in [0.717, 1.165) is 11.1 Å². The quantitative estimate of drug-likeness (QED) is 0.841. The Labute approximate surface area is 127 Å². The van der Waals surface area contributed by atoms with Crippen LogP contribution < -0.4 is 5.32 Å². The van der Waals surface area contributed by atoms with Gasteiger partial charge in [0.15, 0.2) is 0 Å². The topological polar surface area (TPSA) is 84.2 Å². The van der Waals surface area contributed by atoms with Crippen molar-refractivity contribution in [3.05, 3.63) is 53.9 Å². The Bertz CT molecular complexity index is 681. The summed E-state index contributed by atoms with van der Waals surface area (Å²) in [6.07, 6.45) is 4.04. The predicted octanol–water partition coefficient (Wildman–Crippen LogP) is 1.27. The second-order valence-corrected chi connectivity index (χ2v) is 5.54. The number of carboxylic acids is 1. The van der Waals surface area contributed by atoms with Crippen LogP contribution in [0.5, 0.6) is 0 Å². The molecule has 1 amide bonds. The molecule has 1 fully saturated rings. The van der Waals surface area contributed by atoms with E-state index < -0.39 is 11.9 Å². The average Bonchev–Trinajstić information content (AvgIpc) is 3.21. The maximum atomic E-state index is 11.8. The number of nitrogens with zero attached hydrogens (tertiary/aromatic N) is 2. The molecular formula is C16H17N3O3. The number of aromatic nitrogens is 2. The smallest absolute Gasteiger partial charge is 0.307 e. The third kappa shape index (κ3) is 3.33. The monoisotopic (exact) mass is 299 g/mol. The molecule has 1 aromatic carbocycles. The van der Waals surface area contributed by atoms with E-state index in [1.165, 1.54) is 0 Å². The fourth-order valence-electron chi connectivity index (χ4n) is 2.43. The number of amides is 1. The van der Waals surface area contributed by atoms with Gasteiger partial charge in [-0.1, -0.05) is 30.3 Å². The predicted molar refractivity (Wildman–Crippen MR) is 78.9 cm³/mol. The Kier molecular flexibility index (Phi) is 3.91. The second-order valence-electron chi connectivity index (χ2n) is 5.54. The van der Waals surface area contributed by atoms with Crippen molar-refractivity contribution >= 4 is 11.9 Å². The van der Waals surface area contributed by atoms with Gasteiger partial charge in [-0.3, -0.25) is 14.3 Å². The van der Waals surface area contributed by atoms with Gasteiger partial charge in [0.2, 0.25) is 5.91 Å². The van der Waals surface area contributed by atoms with Crippen LogP contribution in [0.3, 0.4) is 0 Å². The SMILES string of the molecule is O=C(O)C1CC1C(=O)NCc1cnn(Cc2ccccc2)c1. The van der Waals surface area contributed by atoms with Gasteiger partial charge in [-0.2, -0.15) is 5.10 Å². The molecule has 2 unspecified atom stereocenters. The zero-order valence-electron chi connectivity index (χ0n) is 12.0. The van der Waals surface area contributed by atoms with E-state index in [2.05, 4.69) is 10.4 Å². The van der Waals surface area contributed by atoms with Gasteiger partial charge in [0.25, 0.3) is 0 Å². The maximum Gasteiger partial charge on any atom is 0.307 e. The minimum absolute atomic E-state index is 0.191. The van der Waals surface area contributed by atoms with Crippen molar-refractivity contribution in [2.24, 2.45) is 11.8 Å². The summed E-state index contributed by atoms with van der Waals surface area (Å²) in [5.74, 6) is -1.98. The normalized spacial score (nSPS) is 19.6. The van der Waals surface area contributed by atoms with Crippen LogP contribution >= 0.6 is 0 Å². The Balaban J connectivity index is 1.50. The van der Waals surface area contributed by atoms with E-state index in [1.807, 2.05) is 41.2 Å². The van der Waals surface area contributed by atoms with E-state index in [9.17, 15) is 9.59 Å². The molecule has 1 aromatic heterocycles. The summed E-state index contributed by atoms with van der Waals surface area (Å²) in [5, 5.41) is 15.8. The standard InChI is InChI=1S/C16H17N3O3/c20-15(13-6-14(13)16(21)22)17-7-12-8-18-19(10-12)9-11-4-2-1-3-5-11/h1-5,8,10,13-14H,6-7,9H2,(H,17,20)(H,21,22). The molecule has 0 radical (unpaired) electrons. The number of aliphatic carboxylic acids is 1. The molecule has 22 heavy (non-hydrogen) atoms. The molecule has 0 aliphatic heterocycles. The van der Waals surface area contributed by atoms with Gasteiger partial charge in [-0.25, -0.2) is 0 Å². The van der Waals surface area contributed by atoms with Gasteiger partial charge in [-0.05, 0) is 12.0 Å². The highest BCUT2D eigenvalue weighted by molar-refractivity contribution is 5.89. The van der Waals surface area contributed by atoms with Crippen molar-refractivity contribution in [2.45, 2.75) is 19.5 Å². The molecule has 2 N–H and O–H groups in total. The molecule has 1 saturated carbocycles. The molecule has 0 saturated heterocycles. The number of carbonyl (C=O) groups excluding carboxylic acids is 1. The first-order valence-electron chi connectivity index (χ1n) is 7.19. The summed E-state index contributed by atoms with van der Waals surface area (Å²) in [6, 6.07) is 9.99. The number of rotatable bonds is 6. The Hall–Kier alpha value is -2.63. The van der Waals surface area contributed by atoms with Crippen molar-refractivity contribution in [3.8, 4) is 0 Å². The molecule has 1 heterocycles. The third-order valence-electron chi connectivity index (χ3n) is 3.79. The zero-order valence-corrected chi connectivity index (χ0v) is 12.0. The molecule has 114 valence electrons. The second kappa shape index (κ2) is 6.01. The first kappa shape index (κ1) is 14.3. The largest absolute Gasteiger partial charge is 0.481 e. The number of carboxylic acid groups (broad SMARTS) is 1. The van der Waals surface area contributed by atoms with Crippen molar-refractivity contribution < 1.29 is 14.7 Å². The molecule has 6 heteroatoms. The lowest BCUT2D eigenvalue weighted by Crippen LogP contribution is -2.25. The van der Waals surface area contributed by atoms with Crippen LogP contribution in [-0.2, 0) is 22.7 Å². The summed E-state index contributed by atoms with van der Waals surface area (Å²) in [7, 11) is 0. The molecule has 1 aliphatic carbocycles. The van der Waals surface area contributed by atoms with Crippen LogP contribution in [0, 0.1) is 11.8 Å². The van der Waals surface area contributed by atoms with Gasteiger partial charge < -0.3 is 10.4 Å². The number of hydrogen-bond donors (Lipinski definition) is 2. The number of benzene rings is 1. The molecule has 2 atom stereocenters. The molecular weight excluding hydrogens is 282 g/mol. The fraction of sp³-hybridized carbons (Fsp3) is 0.312. The summed E-state index contributed by atoms with van der Waals surface area (Å²) < 4.78 is 1.81. The minimum Gasteiger partial charge on any atom is -0.481 e. The molecule has 0 spiro atoms. The Morgan fingerprint density at radius 2 is 2.00 bits per heavy atom. The van der Waals surface area contributed by atoms with Crippen molar-refractivity contribution in [2.75, 3.05) is 0 Å². The highest BCUT2D eigenvalue weighted by Crippen LogP contribution is 2.38. The first-order chi connectivity index (χ1) is 10.6. The van der Waals surface area contributed by atoms with Crippen LogP contribution in [-0.4, -0.2) is 26.8 Å². The maximum absolute atomic E-state index is 11.8. The van der Waals surface area contributed by atoms with E-state index in [0.29, 0.717) is 19.5 Å².